The maximum absolute atomic E-state index is 11.4. The van der Waals surface area contributed by atoms with E-state index in [1.54, 1.807) is 12.1 Å². The van der Waals surface area contributed by atoms with Gasteiger partial charge in [-0.15, -0.1) is 22.9 Å². The highest BCUT2D eigenvalue weighted by Crippen LogP contribution is 2.23. The van der Waals surface area contributed by atoms with Gasteiger partial charge >= 0.3 is 0 Å². The molecule has 1 nitrogen and oxygen atoms in total. The number of hydrogen-bond acceptors (Lipinski definition) is 2. The number of ketones is 1. The van der Waals surface area contributed by atoms with E-state index in [0.29, 0.717) is 16.6 Å². The summed E-state index contributed by atoms with van der Waals surface area (Å²) in [5, 5.41) is 0. The van der Waals surface area contributed by atoms with Crippen LogP contribution in [0.25, 0.3) is 0 Å². The third-order valence-electron chi connectivity index (χ3n) is 1.64. The second kappa shape index (κ2) is 5.63. The smallest absolute Gasteiger partial charge is 0.172 e. The van der Waals surface area contributed by atoms with Crippen molar-refractivity contribution in [1.82, 2.24) is 0 Å². The lowest BCUT2D eigenvalue weighted by molar-refractivity contribution is 0.0984. The Balaban J connectivity index is 2.40. The predicted molar refractivity (Wildman–Crippen MR) is 58.2 cm³/mol. The molecule has 0 aromatic carbocycles. The van der Waals surface area contributed by atoms with E-state index in [9.17, 15) is 4.79 Å². The van der Waals surface area contributed by atoms with E-state index in [0.717, 1.165) is 17.7 Å². The number of carbonyl (C=O) groups is 1. The van der Waals surface area contributed by atoms with Crippen LogP contribution in [-0.2, 0) is 0 Å². The van der Waals surface area contributed by atoms with Crippen molar-refractivity contribution in [3.63, 3.8) is 0 Å². The van der Waals surface area contributed by atoms with Crippen LogP contribution in [0.4, 0.5) is 0 Å². The monoisotopic (exact) mass is 236 g/mol. The second-order valence-corrected chi connectivity index (χ2v) is 4.77. The summed E-state index contributed by atoms with van der Waals surface area (Å²) in [5.41, 5.74) is 0. The molecule has 0 N–H and O–H groups in total. The summed E-state index contributed by atoms with van der Waals surface area (Å²) in [6, 6.07) is 3.52. The summed E-state index contributed by atoms with van der Waals surface area (Å²) >= 11 is 12.6. The van der Waals surface area contributed by atoms with Crippen LogP contribution in [0.2, 0.25) is 4.34 Å². The third kappa shape index (κ3) is 3.67. The topological polar surface area (TPSA) is 17.1 Å². The molecule has 0 aliphatic heterocycles. The highest BCUT2D eigenvalue weighted by Gasteiger charge is 2.07. The van der Waals surface area contributed by atoms with Crippen molar-refractivity contribution in [3.05, 3.63) is 21.3 Å². The van der Waals surface area contributed by atoms with Gasteiger partial charge in [0.25, 0.3) is 0 Å². The number of carbonyl (C=O) groups excluding carboxylic acids is 1. The van der Waals surface area contributed by atoms with Gasteiger partial charge in [0.15, 0.2) is 5.78 Å². The summed E-state index contributed by atoms with van der Waals surface area (Å²) in [7, 11) is 0. The standard InChI is InChI=1S/C9H10Cl2OS/c10-6-2-1-3-7(12)8-4-5-9(11)13-8/h4-5H,1-3,6H2. The minimum atomic E-state index is 0.169. The van der Waals surface area contributed by atoms with Crippen LogP contribution in [0.1, 0.15) is 28.9 Å². The summed E-state index contributed by atoms with van der Waals surface area (Å²) in [6.45, 7) is 0. The molecule has 1 rings (SSSR count). The van der Waals surface area contributed by atoms with Crippen LogP contribution >= 0.6 is 34.5 Å². The van der Waals surface area contributed by atoms with Crippen molar-refractivity contribution < 1.29 is 4.79 Å². The first-order valence-corrected chi connectivity index (χ1v) is 5.81. The molecule has 0 amide bonds. The largest absolute Gasteiger partial charge is 0.293 e. The molecule has 0 unspecified atom stereocenters. The number of alkyl halides is 1. The summed E-state index contributed by atoms with van der Waals surface area (Å²) in [4.78, 5) is 12.2. The Hall–Kier alpha value is -0.0500. The summed E-state index contributed by atoms with van der Waals surface area (Å²) in [6.07, 6.45) is 2.33. The average molecular weight is 237 g/mol. The Morgan fingerprint density at radius 1 is 1.38 bits per heavy atom. The maximum atomic E-state index is 11.4. The molecular weight excluding hydrogens is 227 g/mol. The fourth-order valence-electron chi connectivity index (χ4n) is 0.967. The van der Waals surface area contributed by atoms with Gasteiger partial charge in [0, 0.05) is 12.3 Å². The van der Waals surface area contributed by atoms with Crippen LogP contribution in [0.5, 0.6) is 0 Å². The van der Waals surface area contributed by atoms with Crippen LogP contribution in [0, 0.1) is 0 Å². The highest BCUT2D eigenvalue weighted by molar-refractivity contribution is 7.18. The fourth-order valence-corrected chi connectivity index (χ4v) is 2.17. The fraction of sp³-hybridized carbons (Fsp3) is 0.444. The lowest BCUT2D eigenvalue weighted by Gasteiger charge is -1.95. The van der Waals surface area contributed by atoms with Gasteiger partial charge in [0.1, 0.15) is 0 Å². The molecule has 0 bridgehead atoms. The van der Waals surface area contributed by atoms with E-state index < -0.39 is 0 Å². The quantitative estimate of drug-likeness (QED) is 0.430. The molecule has 1 aromatic rings. The molecule has 0 atom stereocenters. The van der Waals surface area contributed by atoms with Crippen molar-refractivity contribution in [2.24, 2.45) is 0 Å². The number of rotatable bonds is 5. The molecule has 0 saturated heterocycles. The number of unbranched alkanes of at least 4 members (excludes halogenated alkanes) is 1. The molecule has 0 saturated carbocycles. The molecular formula is C9H10Cl2OS. The Morgan fingerprint density at radius 3 is 2.69 bits per heavy atom. The number of hydrogen-bond donors (Lipinski definition) is 0. The van der Waals surface area contributed by atoms with Crippen LogP contribution in [0.3, 0.4) is 0 Å². The number of Topliss-reactive ketones (excluding diaryl/α,β-unsaturated/α-hetero) is 1. The SMILES string of the molecule is O=C(CCCCCl)c1ccc(Cl)s1. The number of halogens is 2. The third-order valence-corrected chi connectivity index (χ3v) is 3.17. The molecule has 13 heavy (non-hydrogen) atoms. The van der Waals surface area contributed by atoms with Crippen molar-refractivity contribution in [3.8, 4) is 0 Å². The van der Waals surface area contributed by atoms with E-state index in [1.807, 2.05) is 0 Å². The van der Waals surface area contributed by atoms with Gasteiger partial charge in [-0.3, -0.25) is 4.79 Å². The molecule has 0 spiro atoms. The van der Waals surface area contributed by atoms with E-state index in [4.69, 9.17) is 23.2 Å². The predicted octanol–water partition coefficient (Wildman–Crippen LogP) is 3.99. The highest BCUT2D eigenvalue weighted by atomic mass is 35.5. The number of thiophene rings is 1. The normalized spacial score (nSPS) is 10.3. The van der Waals surface area contributed by atoms with Crippen LogP contribution in [-0.4, -0.2) is 11.7 Å². The van der Waals surface area contributed by atoms with E-state index >= 15 is 0 Å². The van der Waals surface area contributed by atoms with Gasteiger partial charge in [-0.05, 0) is 25.0 Å². The summed E-state index contributed by atoms with van der Waals surface area (Å²) in [5.74, 6) is 0.792. The second-order valence-electron chi connectivity index (χ2n) is 2.67. The average Bonchev–Trinajstić information content (AvgIpc) is 2.52. The molecule has 0 aliphatic carbocycles. The zero-order chi connectivity index (χ0) is 9.68. The lowest BCUT2D eigenvalue weighted by Crippen LogP contribution is -1.95. The lowest BCUT2D eigenvalue weighted by atomic mass is 10.1. The first kappa shape index (κ1) is 11.0. The van der Waals surface area contributed by atoms with Gasteiger partial charge in [-0.25, -0.2) is 0 Å². The molecule has 0 fully saturated rings. The molecule has 0 radical (unpaired) electrons. The molecule has 72 valence electrons. The van der Waals surface area contributed by atoms with Crippen LogP contribution in [0.15, 0.2) is 12.1 Å². The Bertz CT molecular complexity index is 283. The molecule has 0 aliphatic rings. The Kier molecular flexibility index (Phi) is 4.78. The van der Waals surface area contributed by atoms with Gasteiger partial charge in [0.05, 0.1) is 9.21 Å². The van der Waals surface area contributed by atoms with E-state index in [1.165, 1.54) is 11.3 Å². The zero-order valence-corrected chi connectivity index (χ0v) is 9.38. The maximum Gasteiger partial charge on any atom is 0.172 e. The van der Waals surface area contributed by atoms with Gasteiger partial charge in [-0.2, -0.15) is 0 Å². The van der Waals surface area contributed by atoms with Gasteiger partial charge < -0.3 is 0 Å². The van der Waals surface area contributed by atoms with Crippen molar-refractivity contribution in [2.75, 3.05) is 5.88 Å². The molecule has 1 heterocycles. The zero-order valence-electron chi connectivity index (χ0n) is 7.06. The van der Waals surface area contributed by atoms with Gasteiger partial charge in [-0.1, -0.05) is 11.6 Å². The van der Waals surface area contributed by atoms with Gasteiger partial charge in [0.2, 0.25) is 0 Å². The first-order valence-electron chi connectivity index (χ1n) is 4.08. The van der Waals surface area contributed by atoms with E-state index in [-0.39, 0.29) is 5.78 Å². The Labute approximate surface area is 91.7 Å². The van der Waals surface area contributed by atoms with Crippen molar-refractivity contribution >= 4 is 40.3 Å². The van der Waals surface area contributed by atoms with Crippen molar-refractivity contribution in [1.29, 1.82) is 0 Å². The van der Waals surface area contributed by atoms with Crippen LogP contribution < -0.4 is 0 Å². The van der Waals surface area contributed by atoms with E-state index in [2.05, 4.69) is 0 Å². The minimum Gasteiger partial charge on any atom is -0.293 e. The van der Waals surface area contributed by atoms with Crippen molar-refractivity contribution in [2.45, 2.75) is 19.3 Å². The molecule has 4 heteroatoms. The molecule has 1 aromatic heterocycles. The minimum absolute atomic E-state index is 0.169. The Morgan fingerprint density at radius 2 is 2.15 bits per heavy atom. The summed E-state index contributed by atoms with van der Waals surface area (Å²) < 4.78 is 0.667. The first-order chi connectivity index (χ1) is 6.24.